The molecule has 5 aromatic rings. The van der Waals surface area contributed by atoms with Crippen LogP contribution in [0.15, 0.2) is 61.2 Å². The molecule has 1 saturated carbocycles. The van der Waals surface area contributed by atoms with Crippen LogP contribution in [0.5, 0.6) is 0 Å². The third-order valence-corrected chi connectivity index (χ3v) is 7.05. The summed E-state index contributed by atoms with van der Waals surface area (Å²) in [7, 11) is 0. The molecule has 1 fully saturated rings. The summed E-state index contributed by atoms with van der Waals surface area (Å²) >= 11 is 0. The first-order valence-electron chi connectivity index (χ1n) is 12.8. The first kappa shape index (κ1) is 25.7. The van der Waals surface area contributed by atoms with Crippen LogP contribution in [0.4, 0.5) is 17.6 Å². The summed E-state index contributed by atoms with van der Waals surface area (Å²) in [5.74, 6) is 0.172. The normalized spacial score (nSPS) is 14.2. The number of carbonyl (C=O) groups is 1. The number of benzene rings is 2. The maximum Gasteiger partial charge on any atom is 0.416 e. The number of nitrogens with zero attached hydrogens (tertiary/aromatic N) is 5. The Morgan fingerprint density at radius 1 is 1.05 bits per heavy atom. The van der Waals surface area contributed by atoms with Gasteiger partial charge in [0.2, 0.25) is 0 Å². The number of nitrogens with one attached hydrogen (secondary N) is 2. The molecule has 0 radical (unpaired) electrons. The van der Waals surface area contributed by atoms with Crippen LogP contribution in [0.25, 0.3) is 28.0 Å². The molecule has 1 aliphatic carbocycles. The molecule has 0 unspecified atom stereocenters. The quantitative estimate of drug-likeness (QED) is 0.255. The zero-order chi connectivity index (χ0) is 27.9. The van der Waals surface area contributed by atoms with Gasteiger partial charge in [-0.15, -0.1) is 0 Å². The molecule has 0 saturated heterocycles. The number of carbonyl (C=O) groups excluding carboxylic acids is 1. The lowest BCUT2D eigenvalue weighted by Crippen LogP contribution is -2.24. The van der Waals surface area contributed by atoms with Gasteiger partial charge in [-0.05, 0) is 66.4 Å². The number of H-pyrrole nitrogens is 1. The monoisotopic (exact) mass is 549 g/mol. The van der Waals surface area contributed by atoms with Gasteiger partial charge in [-0.3, -0.25) is 4.79 Å². The summed E-state index contributed by atoms with van der Waals surface area (Å²) in [5, 5.41) is 6.99. The fraction of sp³-hybridized carbons (Fsp3) is 0.250. The number of halogens is 4. The van der Waals surface area contributed by atoms with Crippen molar-refractivity contribution in [2.45, 2.75) is 44.3 Å². The second kappa shape index (κ2) is 10.2. The number of rotatable bonds is 6. The standard InChI is InChI=1S/C28H23F4N7O/c29-21-10-16(9-18(11-21)19-13-36-39(14-19)22-7-5-20(6-8-22)28(30,31)32)12-33-27(40)24-23-26(35-15-34-24)38-25(37-23)17-3-1-2-4-17/h5-11,13-15,17H,1-4,12H2,(H,33,40)(H,34,35,37,38). The minimum atomic E-state index is -4.43. The number of hydrogen-bond acceptors (Lipinski definition) is 5. The topological polar surface area (TPSA) is 101 Å². The van der Waals surface area contributed by atoms with Crippen LogP contribution in [0, 0.1) is 5.82 Å². The molecule has 1 aliphatic rings. The average Bonchev–Trinajstić information content (AvgIpc) is 3.71. The molecule has 0 aliphatic heterocycles. The molecule has 204 valence electrons. The maximum absolute atomic E-state index is 14.5. The van der Waals surface area contributed by atoms with Crippen molar-refractivity contribution in [2.24, 2.45) is 0 Å². The number of imidazole rings is 1. The van der Waals surface area contributed by atoms with Gasteiger partial charge < -0.3 is 10.3 Å². The smallest absolute Gasteiger partial charge is 0.347 e. The van der Waals surface area contributed by atoms with Crippen molar-refractivity contribution in [1.29, 1.82) is 0 Å². The molecular formula is C28H23F4N7O. The first-order chi connectivity index (χ1) is 19.2. The second-order valence-corrected chi connectivity index (χ2v) is 9.77. The molecule has 40 heavy (non-hydrogen) atoms. The van der Waals surface area contributed by atoms with E-state index in [0.717, 1.165) is 43.6 Å². The van der Waals surface area contributed by atoms with Crippen molar-refractivity contribution < 1.29 is 22.4 Å². The van der Waals surface area contributed by atoms with E-state index in [0.29, 0.717) is 39.5 Å². The fourth-order valence-electron chi connectivity index (χ4n) is 5.01. The van der Waals surface area contributed by atoms with E-state index in [-0.39, 0.29) is 12.2 Å². The lowest BCUT2D eigenvalue weighted by molar-refractivity contribution is -0.137. The van der Waals surface area contributed by atoms with Gasteiger partial charge in [0.05, 0.1) is 17.4 Å². The summed E-state index contributed by atoms with van der Waals surface area (Å²) < 4.78 is 54.5. The van der Waals surface area contributed by atoms with Crippen LogP contribution >= 0.6 is 0 Å². The third-order valence-electron chi connectivity index (χ3n) is 7.05. The van der Waals surface area contributed by atoms with E-state index in [1.54, 1.807) is 12.3 Å². The molecule has 3 aromatic heterocycles. The zero-order valence-electron chi connectivity index (χ0n) is 21.0. The van der Waals surface area contributed by atoms with Crippen LogP contribution in [-0.2, 0) is 12.7 Å². The van der Waals surface area contributed by atoms with Crippen LogP contribution in [0.1, 0.15) is 59.0 Å². The molecule has 8 nitrogen and oxygen atoms in total. The van der Waals surface area contributed by atoms with Gasteiger partial charge in [0.1, 0.15) is 23.5 Å². The number of alkyl halides is 3. The highest BCUT2D eigenvalue weighted by molar-refractivity contribution is 6.02. The molecule has 1 amide bonds. The molecule has 0 spiro atoms. The van der Waals surface area contributed by atoms with Gasteiger partial charge in [-0.1, -0.05) is 12.8 Å². The number of hydrogen-bond donors (Lipinski definition) is 2. The molecule has 3 heterocycles. The summed E-state index contributed by atoms with van der Waals surface area (Å²) in [6.45, 7) is 0.0335. The van der Waals surface area contributed by atoms with Crippen molar-refractivity contribution in [3.63, 3.8) is 0 Å². The molecule has 0 atom stereocenters. The Morgan fingerprint density at radius 2 is 1.82 bits per heavy atom. The van der Waals surface area contributed by atoms with Crippen molar-refractivity contribution in [3.05, 3.63) is 89.6 Å². The molecule has 0 bridgehead atoms. The van der Waals surface area contributed by atoms with Crippen LogP contribution < -0.4 is 5.32 Å². The SMILES string of the molecule is O=C(NCc1cc(F)cc(-c2cnn(-c3ccc(C(F)(F)F)cc3)c2)c1)c1ncnc2nc(C3CCCC3)[nH]c12. The van der Waals surface area contributed by atoms with E-state index in [1.807, 2.05) is 0 Å². The summed E-state index contributed by atoms with van der Waals surface area (Å²) in [6.07, 6.45) is 4.32. The molecule has 12 heteroatoms. The predicted molar refractivity (Wildman–Crippen MR) is 138 cm³/mol. The Balaban J connectivity index is 1.18. The summed E-state index contributed by atoms with van der Waals surface area (Å²) in [5.41, 5.74) is 2.29. The highest BCUT2D eigenvalue weighted by Crippen LogP contribution is 2.33. The molecule has 2 aromatic carbocycles. The van der Waals surface area contributed by atoms with Gasteiger partial charge in [0, 0.05) is 24.2 Å². The van der Waals surface area contributed by atoms with Gasteiger partial charge in [0.25, 0.3) is 5.91 Å². The second-order valence-electron chi connectivity index (χ2n) is 9.77. The highest BCUT2D eigenvalue weighted by Gasteiger charge is 2.30. The predicted octanol–water partition coefficient (Wildman–Crippen LogP) is 5.95. The zero-order valence-corrected chi connectivity index (χ0v) is 21.0. The van der Waals surface area contributed by atoms with Gasteiger partial charge in [0.15, 0.2) is 11.3 Å². The molecule has 6 rings (SSSR count). The fourth-order valence-corrected chi connectivity index (χ4v) is 5.01. The Hall–Kier alpha value is -4.61. The van der Waals surface area contributed by atoms with Gasteiger partial charge in [-0.25, -0.2) is 24.0 Å². The van der Waals surface area contributed by atoms with E-state index in [9.17, 15) is 22.4 Å². The van der Waals surface area contributed by atoms with Crippen molar-refractivity contribution in [2.75, 3.05) is 0 Å². The van der Waals surface area contributed by atoms with Crippen molar-refractivity contribution in [3.8, 4) is 16.8 Å². The van der Waals surface area contributed by atoms with E-state index < -0.39 is 23.5 Å². The van der Waals surface area contributed by atoms with Crippen molar-refractivity contribution >= 4 is 17.1 Å². The Morgan fingerprint density at radius 3 is 2.58 bits per heavy atom. The number of aromatic amines is 1. The molecule has 2 N–H and O–H groups in total. The highest BCUT2D eigenvalue weighted by atomic mass is 19.4. The largest absolute Gasteiger partial charge is 0.416 e. The van der Waals surface area contributed by atoms with Crippen LogP contribution in [-0.4, -0.2) is 35.6 Å². The van der Waals surface area contributed by atoms with Gasteiger partial charge in [-0.2, -0.15) is 18.3 Å². The summed E-state index contributed by atoms with van der Waals surface area (Å²) in [4.78, 5) is 29.1. The van der Waals surface area contributed by atoms with Crippen LogP contribution in [0.3, 0.4) is 0 Å². The van der Waals surface area contributed by atoms with Crippen molar-refractivity contribution in [1.82, 2.24) is 35.0 Å². The lowest BCUT2D eigenvalue weighted by atomic mass is 10.1. The Bertz CT molecular complexity index is 1690. The number of fused-ring (bicyclic) bond motifs is 1. The first-order valence-corrected chi connectivity index (χ1v) is 12.8. The summed E-state index contributed by atoms with van der Waals surface area (Å²) in [6, 6.07) is 8.92. The number of aromatic nitrogens is 6. The van der Waals surface area contributed by atoms with Gasteiger partial charge >= 0.3 is 6.18 Å². The Labute approximate surface area is 225 Å². The van der Waals surface area contributed by atoms with E-state index >= 15 is 0 Å². The maximum atomic E-state index is 14.5. The van der Waals surface area contributed by atoms with E-state index in [4.69, 9.17) is 0 Å². The van der Waals surface area contributed by atoms with E-state index in [2.05, 4.69) is 30.4 Å². The third kappa shape index (κ3) is 5.16. The minimum Gasteiger partial charge on any atom is -0.347 e. The lowest BCUT2D eigenvalue weighted by Gasteiger charge is -2.08. The molecular weight excluding hydrogens is 526 g/mol. The Kier molecular flexibility index (Phi) is 6.53. The van der Waals surface area contributed by atoms with E-state index in [1.165, 1.54) is 41.5 Å². The minimum absolute atomic E-state index is 0.0335. The van der Waals surface area contributed by atoms with Crippen LogP contribution in [0.2, 0.25) is 0 Å². The average molecular weight is 550 g/mol. The number of amides is 1.